The van der Waals surface area contributed by atoms with Crippen molar-refractivity contribution in [1.82, 2.24) is 0 Å². The molecule has 174 valence electrons. The molecule has 0 N–H and O–H groups in total. The van der Waals surface area contributed by atoms with Crippen LogP contribution in [-0.4, -0.2) is 20.3 Å². The molecule has 0 unspecified atom stereocenters. The van der Waals surface area contributed by atoms with Gasteiger partial charge in [0, 0.05) is 22.9 Å². The van der Waals surface area contributed by atoms with Gasteiger partial charge in [0.05, 0.1) is 25.3 Å². The lowest BCUT2D eigenvalue weighted by Gasteiger charge is -2.20. The van der Waals surface area contributed by atoms with Crippen LogP contribution in [0.3, 0.4) is 0 Å². The standard InChI is InChI=1S/C26H22O8/c1-13(2)22-25(20-16(29-3)9-5-14-7-11-18(27)31-23(14)20)34-26(33-22)21-17(30-4)10-6-15-8-12-19(28)32-24(15)21/h5-12,22,25-26H,1H2,2-4H3/t22-,25-,26-/m0/s1. The van der Waals surface area contributed by atoms with Crippen molar-refractivity contribution in [2.45, 2.75) is 25.4 Å². The lowest BCUT2D eigenvalue weighted by Crippen LogP contribution is -2.17. The Kier molecular flexibility index (Phi) is 5.47. The summed E-state index contributed by atoms with van der Waals surface area (Å²) >= 11 is 0. The first kappa shape index (κ1) is 21.9. The van der Waals surface area contributed by atoms with E-state index in [9.17, 15) is 9.59 Å². The van der Waals surface area contributed by atoms with E-state index in [1.807, 2.05) is 6.92 Å². The zero-order valence-electron chi connectivity index (χ0n) is 18.8. The summed E-state index contributed by atoms with van der Waals surface area (Å²) in [6.45, 7) is 5.89. The van der Waals surface area contributed by atoms with Gasteiger partial charge in [0.1, 0.15) is 34.9 Å². The summed E-state index contributed by atoms with van der Waals surface area (Å²) in [6, 6.07) is 13.2. The summed E-state index contributed by atoms with van der Waals surface area (Å²) in [5, 5.41) is 1.39. The van der Waals surface area contributed by atoms with Crippen molar-refractivity contribution in [3.63, 3.8) is 0 Å². The van der Waals surface area contributed by atoms with E-state index in [2.05, 4.69) is 6.58 Å². The smallest absolute Gasteiger partial charge is 0.336 e. The minimum absolute atomic E-state index is 0.300. The van der Waals surface area contributed by atoms with Gasteiger partial charge in [-0.05, 0) is 48.9 Å². The first-order chi connectivity index (χ1) is 16.4. The minimum Gasteiger partial charge on any atom is -0.496 e. The summed E-state index contributed by atoms with van der Waals surface area (Å²) in [7, 11) is 3.04. The highest BCUT2D eigenvalue weighted by Crippen LogP contribution is 2.49. The van der Waals surface area contributed by atoms with Crippen LogP contribution in [0.1, 0.15) is 30.4 Å². The second-order valence-corrected chi connectivity index (χ2v) is 8.00. The highest BCUT2D eigenvalue weighted by molar-refractivity contribution is 5.84. The molecule has 1 aliphatic heterocycles. The van der Waals surface area contributed by atoms with E-state index in [4.69, 9.17) is 27.8 Å². The van der Waals surface area contributed by atoms with Crippen LogP contribution in [0.15, 0.2) is 79.1 Å². The zero-order chi connectivity index (χ0) is 24.0. The van der Waals surface area contributed by atoms with Gasteiger partial charge in [0.25, 0.3) is 0 Å². The largest absolute Gasteiger partial charge is 0.496 e. The molecule has 2 aromatic heterocycles. The Hall–Kier alpha value is -3.88. The average Bonchev–Trinajstić information content (AvgIpc) is 3.27. The van der Waals surface area contributed by atoms with Crippen molar-refractivity contribution >= 4 is 21.9 Å². The van der Waals surface area contributed by atoms with Crippen LogP contribution < -0.4 is 20.7 Å². The van der Waals surface area contributed by atoms with Gasteiger partial charge in [0.15, 0.2) is 6.29 Å². The number of methoxy groups -OCH3 is 2. The molecule has 0 spiro atoms. The van der Waals surface area contributed by atoms with E-state index in [1.54, 1.807) is 36.4 Å². The van der Waals surface area contributed by atoms with Gasteiger partial charge >= 0.3 is 11.3 Å². The molecule has 0 radical (unpaired) electrons. The van der Waals surface area contributed by atoms with Crippen molar-refractivity contribution in [3.8, 4) is 11.5 Å². The summed E-state index contributed by atoms with van der Waals surface area (Å²) in [4.78, 5) is 24.1. The van der Waals surface area contributed by atoms with E-state index in [0.29, 0.717) is 50.1 Å². The molecule has 0 bridgehead atoms. The van der Waals surface area contributed by atoms with Crippen molar-refractivity contribution in [2.75, 3.05) is 14.2 Å². The van der Waals surface area contributed by atoms with E-state index in [1.165, 1.54) is 26.4 Å². The molecule has 34 heavy (non-hydrogen) atoms. The maximum absolute atomic E-state index is 12.1. The molecule has 1 saturated heterocycles. The number of hydrogen-bond donors (Lipinski definition) is 0. The number of benzene rings is 2. The third-order valence-corrected chi connectivity index (χ3v) is 5.84. The molecule has 1 aliphatic rings. The van der Waals surface area contributed by atoms with Crippen LogP contribution in [0.25, 0.3) is 21.9 Å². The van der Waals surface area contributed by atoms with E-state index < -0.39 is 29.7 Å². The second-order valence-electron chi connectivity index (χ2n) is 8.00. The Labute approximate surface area is 193 Å². The minimum atomic E-state index is -0.966. The highest BCUT2D eigenvalue weighted by atomic mass is 16.7. The van der Waals surface area contributed by atoms with E-state index in [0.717, 1.165) is 0 Å². The Morgan fingerprint density at radius 1 is 0.765 bits per heavy atom. The van der Waals surface area contributed by atoms with E-state index >= 15 is 0 Å². The fourth-order valence-corrected chi connectivity index (χ4v) is 4.29. The van der Waals surface area contributed by atoms with Crippen molar-refractivity contribution in [1.29, 1.82) is 0 Å². The van der Waals surface area contributed by atoms with Crippen LogP contribution in [0, 0.1) is 0 Å². The number of ether oxygens (including phenoxy) is 4. The average molecular weight is 462 g/mol. The molecule has 5 rings (SSSR count). The van der Waals surface area contributed by atoms with Gasteiger partial charge < -0.3 is 27.8 Å². The van der Waals surface area contributed by atoms with Crippen LogP contribution >= 0.6 is 0 Å². The molecule has 2 aromatic carbocycles. The second kappa shape index (κ2) is 8.48. The van der Waals surface area contributed by atoms with Gasteiger partial charge in [-0.15, -0.1) is 0 Å². The third kappa shape index (κ3) is 3.57. The molecular weight excluding hydrogens is 440 g/mol. The molecule has 8 heteroatoms. The lowest BCUT2D eigenvalue weighted by atomic mass is 9.97. The monoisotopic (exact) mass is 462 g/mol. The third-order valence-electron chi connectivity index (χ3n) is 5.84. The first-order valence-corrected chi connectivity index (χ1v) is 10.6. The van der Waals surface area contributed by atoms with Crippen molar-refractivity contribution in [2.24, 2.45) is 0 Å². The van der Waals surface area contributed by atoms with Gasteiger partial charge in [0.2, 0.25) is 0 Å². The maximum atomic E-state index is 12.1. The zero-order valence-corrected chi connectivity index (χ0v) is 18.8. The topological polar surface area (TPSA) is 97.3 Å². The lowest BCUT2D eigenvalue weighted by molar-refractivity contribution is -0.0670. The fourth-order valence-electron chi connectivity index (χ4n) is 4.29. The Morgan fingerprint density at radius 2 is 1.26 bits per heavy atom. The van der Waals surface area contributed by atoms with Crippen LogP contribution in [0.2, 0.25) is 0 Å². The molecule has 1 fully saturated rings. The molecule has 3 heterocycles. The molecular formula is C26H22O8. The first-order valence-electron chi connectivity index (χ1n) is 10.6. The van der Waals surface area contributed by atoms with Gasteiger partial charge in [-0.3, -0.25) is 0 Å². The van der Waals surface area contributed by atoms with Crippen molar-refractivity contribution in [3.05, 3.63) is 92.7 Å². The Balaban J connectivity index is 1.71. The van der Waals surface area contributed by atoms with Gasteiger partial charge in [-0.1, -0.05) is 6.58 Å². The highest BCUT2D eigenvalue weighted by Gasteiger charge is 2.43. The summed E-state index contributed by atoms with van der Waals surface area (Å²) in [6.07, 6.45) is -2.32. The molecule has 8 nitrogen and oxygen atoms in total. The number of fused-ring (bicyclic) bond motifs is 2. The molecule has 0 amide bonds. The molecule has 0 aliphatic carbocycles. The number of rotatable bonds is 5. The van der Waals surface area contributed by atoms with Crippen LogP contribution in [0.4, 0.5) is 0 Å². The predicted molar refractivity (Wildman–Crippen MR) is 124 cm³/mol. The quantitative estimate of drug-likeness (QED) is 0.312. The van der Waals surface area contributed by atoms with Crippen LogP contribution in [0.5, 0.6) is 11.5 Å². The summed E-state index contributed by atoms with van der Waals surface area (Å²) in [5.41, 5.74) is 1.27. The Bertz CT molecular complexity index is 1530. The van der Waals surface area contributed by atoms with Gasteiger partial charge in [-0.2, -0.15) is 0 Å². The normalized spacial score (nSPS) is 20.0. The fraction of sp³-hybridized carbons (Fsp3) is 0.231. The summed E-state index contributed by atoms with van der Waals surface area (Å²) in [5.74, 6) is 0.906. The maximum Gasteiger partial charge on any atom is 0.336 e. The van der Waals surface area contributed by atoms with Crippen molar-refractivity contribution < 1.29 is 27.8 Å². The van der Waals surface area contributed by atoms with E-state index in [-0.39, 0.29) is 0 Å². The summed E-state index contributed by atoms with van der Waals surface area (Å²) < 4.78 is 34.9. The Morgan fingerprint density at radius 3 is 1.79 bits per heavy atom. The molecule has 3 atom stereocenters. The predicted octanol–water partition coefficient (Wildman–Crippen LogP) is 4.65. The molecule has 4 aromatic rings. The van der Waals surface area contributed by atoms with Crippen LogP contribution in [-0.2, 0) is 9.47 Å². The SMILES string of the molecule is C=C(C)[C@@H]1O[C@H](c2c(OC)ccc3ccc(=O)oc23)O[C@H]1c1c(OC)ccc2ccc(=O)oc12. The molecule has 0 saturated carbocycles. The number of hydrogen-bond acceptors (Lipinski definition) is 8. The van der Waals surface area contributed by atoms with Gasteiger partial charge in [-0.25, -0.2) is 9.59 Å².